The Morgan fingerprint density at radius 2 is 1.36 bits per heavy atom. The first-order valence-electron chi connectivity index (χ1n) is 8.23. The largest absolute Gasteiger partial charge is 0.379 e. The first-order valence-corrected chi connectivity index (χ1v) is 8.23. The molecule has 0 bridgehead atoms. The van der Waals surface area contributed by atoms with E-state index in [1.165, 1.54) is 0 Å². The molecule has 0 aromatic rings. The summed E-state index contributed by atoms with van der Waals surface area (Å²) in [4.78, 5) is 23.4. The molecule has 4 heteroatoms. The van der Waals surface area contributed by atoms with Crippen LogP contribution in [-0.2, 0) is 19.1 Å². The maximum atomic E-state index is 11.7. The highest BCUT2D eigenvalue weighted by Gasteiger charge is 2.21. The van der Waals surface area contributed by atoms with E-state index < -0.39 is 0 Å². The third kappa shape index (κ3) is 13.0. The van der Waals surface area contributed by atoms with Crippen LogP contribution in [0.1, 0.15) is 67.2 Å². The van der Waals surface area contributed by atoms with Gasteiger partial charge < -0.3 is 9.47 Å². The lowest BCUT2D eigenvalue weighted by Gasteiger charge is -2.17. The maximum absolute atomic E-state index is 11.7. The van der Waals surface area contributed by atoms with Crippen molar-refractivity contribution in [2.45, 2.75) is 67.2 Å². The predicted octanol–water partition coefficient (Wildman–Crippen LogP) is 3.81. The molecule has 0 fully saturated rings. The molecule has 0 rings (SSSR count). The van der Waals surface area contributed by atoms with Crippen molar-refractivity contribution in [3.05, 3.63) is 0 Å². The molecule has 0 aliphatic rings. The smallest absolute Gasteiger partial charge is 0.138 e. The summed E-state index contributed by atoms with van der Waals surface area (Å²) in [5, 5.41) is 0. The Kier molecular flexibility index (Phi) is 9.77. The van der Waals surface area contributed by atoms with Gasteiger partial charge >= 0.3 is 0 Å². The van der Waals surface area contributed by atoms with Crippen LogP contribution in [-0.4, -0.2) is 38.0 Å². The SMILES string of the molecule is CC(C)(C)COCCOCCCC(=O)CCC(=O)C(C)(C)C. The normalized spacial score (nSPS) is 12.5. The first-order chi connectivity index (χ1) is 10.0. The molecule has 130 valence electrons. The second-order valence-electron chi connectivity index (χ2n) is 8.04. The molecule has 0 aromatic heterocycles. The van der Waals surface area contributed by atoms with Crippen LogP contribution in [0.25, 0.3) is 0 Å². The molecular weight excluding hydrogens is 280 g/mol. The molecule has 0 saturated heterocycles. The van der Waals surface area contributed by atoms with Crippen LogP contribution in [0.5, 0.6) is 0 Å². The van der Waals surface area contributed by atoms with Gasteiger partial charge in [0.1, 0.15) is 11.6 Å². The zero-order chi connectivity index (χ0) is 17.2. The number of Topliss-reactive ketones (excluding diaryl/α,β-unsaturated/α-hetero) is 2. The highest BCUT2D eigenvalue weighted by Crippen LogP contribution is 2.18. The Balaban J connectivity index is 3.49. The Hall–Kier alpha value is -0.740. The summed E-state index contributed by atoms with van der Waals surface area (Å²) in [7, 11) is 0. The van der Waals surface area contributed by atoms with E-state index in [2.05, 4.69) is 20.8 Å². The van der Waals surface area contributed by atoms with E-state index in [9.17, 15) is 9.59 Å². The molecule has 0 N–H and O–H groups in total. The van der Waals surface area contributed by atoms with Crippen LogP contribution in [0.15, 0.2) is 0 Å². The van der Waals surface area contributed by atoms with Gasteiger partial charge in [-0.15, -0.1) is 0 Å². The van der Waals surface area contributed by atoms with Gasteiger partial charge in [-0.3, -0.25) is 9.59 Å². The lowest BCUT2D eigenvalue weighted by atomic mass is 9.87. The molecule has 0 aliphatic heterocycles. The average Bonchev–Trinajstić information content (AvgIpc) is 2.36. The number of carbonyl (C=O) groups excluding carboxylic acids is 2. The number of ether oxygens (including phenoxy) is 2. The molecule has 4 nitrogen and oxygen atoms in total. The van der Waals surface area contributed by atoms with Crippen LogP contribution < -0.4 is 0 Å². The summed E-state index contributed by atoms with van der Waals surface area (Å²) in [5.41, 5.74) is -0.173. The summed E-state index contributed by atoms with van der Waals surface area (Å²) < 4.78 is 10.9. The quantitative estimate of drug-likeness (QED) is 0.544. The number of rotatable bonds is 11. The molecular formula is C18H34O4. The summed E-state index contributed by atoms with van der Waals surface area (Å²) in [5.74, 6) is 0.290. The maximum Gasteiger partial charge on any atom is 0.138 e. The molecule has 0 amide bonds. The van der Waals surface area contributed by atoms with Crippen LogP contribution in [0.3, 0.4) is 0 Å². The van der Waals surface area contributed by atoms with E-state index in [1.54, 1.807) is 0 Å². The Morgan fingerprint density at radius 3 is 1.91 bits per heavy atom. The van der Waals surface area contributed by atoms with Crippen molar-refractivity contribution in [2.75, 3.05) is 26.4 Å². The Bertz CT molecular complexity index is 334. The molecule has 0 saturated carbocycles. The predicted molar refractivity (Wildman–Crippen MR) is 89.0 cm³/mol. The third-order valence-corrected chi connectivity index (χ3v) is 3.12. The summed E-state index contributed by atoms with van der Waals surface area (Å²) >= 11 is 0. The fraction of sp³-hybridized carbons (Fsp3) is 0.889. The van der Waals surface area contributed by atoms with E-state index in [4.69, 9.17) is 9.47 Å². The molecule has 22 heavy (non-hydrogen) atoms. The Morgan fingerprint density at radius 1 is 0.773 bits per heavy atom. The molecule has 0 heterocycles. The molecule has 0 aromatic carbocycles. The topological polar surface area (TPSA) is 52.6 Å². The zero-order valence-corrected chi connectivity index (χ0v) is 15.3. The van der Waals surface area contributed by atoms with Crippen LogP contribution in [0.2, 0.25) is 0 Å². The van der Waals surface area contributed by atoms with Crippen molar-refractivity contribution < 1.29 is 19.1 Å². The van der Waals surface area contributed by atoms with Gasteiger partial charge in [0.15, 0.2) is 0 Å². The molecule has 0 unspecified atom stereocenters. The van der Waals surface area contributed by atoms with Gasteiger partial charge in [0.2, 0.25) is 0 Å². The van der Waals surface area contributed by atoms with Crippen molar-refractivity contribution in [3.8, 4) is 0 Å². The molecule has 0 atom stereocenters. The second-order valence-corrected chi connectivity index (χ2v) is 8.04. The first kappa shape index (κ1) is 21.3. The molecule has 0 aliphatic carbocycles. The van der Waals surface area contributed by atoms with Crippen molar-refractivity contribution in [1.82, 2.24) is 0 Å². The minimum atomic E-state index is -0.351. The van der Waals surface area contributed by atoms with Gasteiger partial charge in [-0.2, -0.15) is 0 Å². The van der Waals surface area contributed by atoms with Crippen molar-refractivity contribution in [2.24, 2.45) is 10.8 Å². The van der Waals surface area contributed by atoms with Gasteiger partial charge in [-0.25, -0.2) is 0 Å². The lowest BCUT2D eigenvalue weighted by Crippen LogP contribution is -2.20. The Labute approximate surface area is 135 Å². The third-order valence-electron chi connectivity index (χ3n) is 3.12. The van der Waals surface area contributed by atoms with E-state index >= 15 is 0 Å². The van der Waals surface area contributed by atoms with Gasteiger partial charge in [0.05, 0.1) is 19.8 Å². The van der Waals surface area contributed by atoms with E-state index in [0.717, 1.165) is 6.61 Å². The highest BCUT2D eigenvalue weighted by atomic mass is 16.5. The fourth-order valence-electron chi connectivity index (χ4n) is 1.72. The van der Waals surface area contributed by atoms with Gasteiger partial charge in [-0.1, -0.05) is 41.5 Å². The molecule has 0 spiro atoms. The van der Waals surface area contributed by atoms with E-state index in [1.807, 2.05) is 20.8 Å². The van der Waals surface area contributed by atoms with E-state index in [-0.39, 0.29) is 22.4 Å². The number of hydrogen-bond acceptors (Lipinski definition) is 4. The van der Waals surface area contributed by atoms with Crippen molar-refractivity contribution in [3.63, 3.8) is 0 Å². The standard InChI is InChI=1S/C18H34O4/c1-17(2,3)14-22-13-12-21-11-7-8-15(19)9-10-16(20)18(4,5)6/h7-14H2,1-6H3. The minimum absolute atomic E-state index is 0.144. The second kappa shape index (κ2) is 10.1. The summed E-state index contributed by atoms with van der Waals surface area (Å²) in [6.45, 7) is 14.5. The van der Waals surface area contributed by atoms with Crippen molar-refractivity contribution in [1.29, 1.82) is 0 Å². The van der Waals surface area contributed by atoms with Crippen LogP contribution in [0, 0.1) is 10.8 Å². The summed E-state index contributed by atoms with van der Waals surface area (Å²) in [6.07, 6.45) is 1.90. The molecule has 0 radical (unpaired) electrons. The van der Waals surface area contributed by atoms with Crippen molar-refractivity contribution >= 4 is 11.6 Å². The minimum Gasteiger partial charge on any atom is -0.379 e. The zero-order valence-electron chi connectivity index (χ0n) is 15.3. The van der Waals surface area contributed by atoms with Gasteiger partial charge in [0, 0.05) is 31.3 Å². The monoisotopic (exact) mass is 314 g/mol. The lowest BCUT2D eigenvalue weighted by molar-refractivity contribution is -0.129. The number of hydrogen-bond donors (Lipinski definition) is 0. The van der Waals surface area contributed by atoms with Crippen LogP contribution in [0.4, 0.5) is 0 Å². The summed E-state index contributed by atoms with van der Waals surface area (Å²) in [6, 6.07) is 0. The van der Waals surface area contributed by atoms with Gasteiger partial charge in [0.25, 0.3) is 0 Å². The van der Waals surface area contributed by atoms with Gasteiger partial charge in [-0.05, 0) is 11.8 Å². The number of ketones is 2. The van der Waals surface area contributed by atoms with E-state index in [0.29, 0.717) is 45.5 Å². The highest BCUT2D eigenvalue weighted by molar-refractivity contribution is 5.88. The number of carbonyl (C=O) groups is 2. The van der Waals surface area contributed by atoms with Crippen LogP contribution >= 0.6 is 0 Å². The fourth-order valence-corrected chi connectivity index (χ4v) is 1.72. The average molecular weight is 314 g/mol.